The van der Waals surface area contributed by atoms with Gasteiger partial charge in [0.05, 0.1) is 22.6 Å². The van der Waals surface area contributed by atoms with Crippen molar-refractivity contribution in [1.82, 2.24) is 4.90 Å². The average Bonchev–Trinajstić information content (AvgIpc) is 2.41. The highest BCUT2D eigenvalue weighted by Crippen LogP contribution is 2.24. The summed E-state index contributed by atoms with van der Waals surface area (Å²) >= 11 is 11.7. The summed E-state index contributed by atoms with van der Waals surface area (Å²) in [5.74, 6) is -0.263. The first-order chi connectivity index (χ1) is 10.2. The zero-order chi connectivity index (χ0) is 16.9. The lowest BCUT2D eigenvalue weighted by Crippen LogP contribution is -2.45. The number of hydrogen-bond acceptors (Lipinski definition) is 3. The molecule has 0 saturated heterocycles. The molecule has 0 saturated carbocycles. The maximum absolute atomic E-state index is 12.0. The van der Waals surface area contributed by atoms with Crippen LogP contribution in [0.15, 0.2) is 18.2 Å². The second-order valence-electron chi connectivity index (χ2n) is 5.61. The Morgan fingerprint density at radius 3 is 2.45 bits per heavy atom. The lowest BCUT2D eigenvalue weighted by molar-refractivity contribution is -0.134. The molecule has 1 aromatic carbocycles. The van der Waals surface area contributed by atoms with Crippen LogP contribution in [-0.4, -0.2) is 36.3 Å². The summed E-state index contributed by atoms with van der Waals surface area (Å²) < 4.78 is 0. The first kappa shape index (κ1) is 18.7. The van der Waals surface area contributed by atoms with E-state index in [1.807, 2.05) is 13.8 Å². The third kappa shape index (κ3) is 5.83. The summed E-state index contributed by atoms with van der Waals surface area (Å²) in [6, 6.07) is 4.18. The molecule has 22 heavy (non-hydrogen) atoms. The van der Waals surface area contributed by atoms with Crippen LogP contribution in [0.3, 0.4) is 0 Å². The van der Waals surface area contributed by atoms with E-state index in [4.69, 9.17) is 28.9 Å². The molecule has 1 atom stereocenters. The molecule has 0 fully saturated rings. The Bertz CT molecular complexity index is 550. The van der Waals surface area contributed by atoms with Crippen molar-refractivity contribution in [2.75, 3.05) is 18.9 Å². The zero-order valence-electron chi connectivity index (χ0n) is 12.9. The Hall–Kier alpha value is -1.30. The van der Waals surface area contributed by atoms with Crippen molar-refractivity contribution in [3.8, 4) is 0 Å². The predicted octanol–water partition coefficient (Wildman–Crippen LogP) is 2.76. The molecule has 1 rings (SSSR count). The van der Waals surface area contributed by atoms with Crippen molar-refractivity contribution in [3.05, 3.63) is 28.2 Å². The highest BCUT2D eigenvalue weighted by atomic mass is 35.5. The van der Waals surface area contributed by atoms with E-state index in [-0.39, 0.29) is 18.4 Å². The average molecular weight is 346 g/mol. The number of halogens is 2. The Kier molecular flexibility index (Phi) is 7.13. The fraction of sp³-hybridized carbons (Fsp3) is 0.467. The second kappa shape index (κ2) is 8.36. The molecule has 0 aliphatic rings. The van der Waals surface area contributed by atoms with Gasteiger partial charge in [0.25, 0.3) is 0 Å². The molecule has 0 spiro atoms. The first-order valence-electron chi connectivity index (χ1n) is 6.96. The van der Waals surface area contributed by atoms with E-state index in [1.54, 1.807) is 25.2 Å². The monoisotopic (exact) mass is 345 g/mol. The summed E-state index contributed by atoms with van der Waals surface area (Å²) in [6.45, 7) is 3.90. The quantitative estimate of drug-likeness (QED) is 0.832. The largest absolute Gasteiger partial charge is 0.335 e. The third-order valence-corrected chi connectivity index (χ3v) is 3.74. The number of nitrogens with one attached hydrogen (secondary N) is 1. The van der Waals surface area contributed by atoms with Gasteiger partial charge >= 0.3 is 0 Å². The highest BCUT2D eigenvalue weighted by molar-refractivity contribution is 6.42. The highest BCUT2D eigenvalue weighted by Gasteiger charge is 2.20. The number of nitrogens with two attached hydrogens (primary N) is 1. The molecule has 5 nitrogen and oxygen atoms in total. The number of amides is 2. The summed E-state index contributed by atoms with van der Waals surface area (Å²) in [5, 5.41) is 3.42. The maximum Gasteiger partial charge on any atom is 0.243 e. The van der Waals surface area contributed by atoms with Crippen molar-refractivity contribution in [1.29, 1.82) is 0 Å². The fourth-order valence-electron chi connectivity index (χ4n) is 1.96. The standard InChI is InChI=1S/C15H21Cl2N3O2/c1-9(2)6-13(18)15(22)20(3)8-14(21)19-10-4-5-11(16)12(17)7-10/h4-5,7,9,13H,6,8,18H2,1-3H3,(H,19,21)/t13-/m0/s1. The van der Waals surface area contributed by atoms with Crippen molar-refractivity contribution >= 4 is 40.7 Å². The number of benzene rings is 1. The Labute approximate surface area is 140 Å². The topological polar surface area (TPSA) is 75.4 Å². The minimum atomic E-state index is -0.595. The lowest BCUT2D eigenvalue weighted by atomic mass is 10.0. The van der Waals surface area contributed by atoms with E-state index in [1.165, 1.54) is 4.90 Å². The number of rotatable bonds is 6. The second-order valence-corrected chi connectivity index (χ2v) is 6.42. The summed E-state index contributed by atoms with van der Waals surface area (Å²) in [4.78, 5) is 25.3. The normalized spacial score (nSPS) is 12.1. The zero-order valence-corrected chi connectivity index (χ0v) is 14.4. The number of hydrogen-bond donors (Lipinski definition) is 2. The molecule has 0 unspecified atom stereocenters. The minimum absolute atomic E-state index is 0.0785. The lowest BCUT2D eigenvalue weighted by Gasteiger charge is -2.21. The minimum Gasteiger partial charge on any atom is -0.335 e. The molecule has 122 valence electrons. The third-order valence-electron chi connectivity index (χ3n) is 3.00. The molecule has 3 N–H and O–H groups in total. The van der Waals surface area contributed by atoms with E-state index in [9.17, 15) is 9.59 Å². The Balaban J connectivity index is 2.56. The molecule has 2 amide bonds. The van der Waals surface area contributed by atoms with Gasteiger partial charge in [-0.15, -0.1) is 0 Å². The smallest absolute Gasteiger partial charge is 0.243 e. The SMILES string of the molecule is CC(C)C[C@H](N)C(=O)N(C)CC(=O)Nc1ccc(Cl)c(Cl)c1. The van der Waals surface area contributed by atoms with Crippen LogP contribution >= 0.6 is 23.2 Å². The Morgan fingerprint density at radius 1 is 1.27 bits per heavy atom. The van der Waals surface area contributed by atoms with Crippen LogP contribution in [-0.2, 0) is 9.59 Å². The van der Waals surface area contributed by atoms with Crippen LogP contribution < -0.4 is 11.1 Å². The Morgan fingerprint density at radius 2 is 1.91 bits per heavy atom. The number of carbonyl (C=O) groups is 2. The van der Waals surface area contributed by atoms with Gasteiger partial charge in [-0.25, -0.2) is 0 Å². The molecule has 0 aliphatic carbocycles. The maximum atomic E-state index is 12.0. The van der Waals surface area contributed by atoms with E-state index in [0.29, 0.717) is 28.1 Å². The van der Waals surface area contributed by atoms with Gasteiger partial charge in [0.15, 0.2) is 0 Å². The number of likely N-dealkylation sites (N-methyl/N-ethyl adjacent to an activating group) is 1. The summed E-state index contributed by atoms with van der Waals surface area (Å²) in [5.41, 5.74) is 6.35. The number of nitrogens with zero attached hydrogens (tertiary/aromatic N) is 1. The fourth-order valence-corrected chi connectivity index (χ4v) is 2.26. The predicted molar refractivity (Wildman–Crippen MR) is 90.2 cm³/mol. The van der Waals surface area contributed by atoms with E-state index < -0.39 is 6.04 Å². The van der Waals surface area contributed by atoms with Crippen LogP contribution in [0, 0.1) is 5.92 Å². The summed E-state index contributed by atoms with van der Waals surface area (Å²) in [6.07, 6.45) is 0.581. The van der Waals surface area contributed by atoms with Gasteiger partial charge in [-0.3, -0.25) is 9.59 Å². The van der Waals surface area contributed by atoms with E-state index in [2.05, 4.69) is 5.32 Å². The molecule has 0 bridgehead atoms. The van der Waals surface area contributed by atoms with Crippen LogP contribution in [0.5, 0.6) is 0 Å². The van der Waals surface area contributed by atoms with Gasteiger partial charge in [-0.1, -0.05) is 37.0 Å². The van der Waals surface area contributed by atoms with Crippen molar-refractivity contribution < 1.29 is 9.59 Å². The van der Waals surface area contributed by atoms with Gasteiger partial charge < -0.3 is 16.0 Å². The first-order valence-corrected chi connectivity index (χ1v) is 7.71. The van der Waals surface area contributed by atoms with E-state index in [0.717, 1.165) is 0 Å². The van der Waals surface area contributed by atoms with Crippen LogP contribution in [0.25, 0.3) is 0 Å². The van der Waals surface area contributed by atoms with Crippen molar-refractivity contribution in [3.63, 3.8) is 0 Å². The summed E-state index contributed by atoms with van der Waals surface area (Å²) in [7, 11) is 1.55. The molecule has 7 heteroatoms. The van der Waals surface area contributed by atoms with Crippen LogP contribution in [0.4, 0.5) is 5.69 Å². The van der Waals surface area contributed by atoms with Gasteiger partial charge in [-0.05, 0) is 30.5 Å². The molecule has 0 aromatic heterocycles. The van der Waals surface area contributed by atoms with Crippen molar-refractivity contribution in [2.45, 2.75) is 26.3 Å². The van der Waals surface area contributed by atoms with Crippen LogP contribution in [0.1, 0.15) is 20.3 Å². The molecule has 0 heterocycles. The van der Waals surface area contributed by atoms with Crippen molar-refractivity contribution in [2.24, 2.45) is 11.7 Å². The number of anilines is 1. The molecular formula is C15H21Cl2N3O2. The molecule has 0 radical (unpaired) electrons. The van der Waals surface area contributed by atoms with Gasteiger partial charge in [0.2, 0.25) is 11.8 Å². The van der Waals surface area contributed by atoms with Crippen LogP contribution in [0.2, 0.25) is 10.0 Å². The van der Waals surface area contributed by atoms with Gasteiger partial charge in [-0.2, -0.15) is 0 Å². The van der Waals surface area contributed by atoms with Gasteiger partial charge in [0.1, 0.15) is 0 Å². The van der Waals surface area contributed by atoms with E-state index >= 15 is 0 Å². The van der Waals surface area contributed by atoms with Gasteiger partial charge in [0, 0.05) is 12.7 Å². The molecule has 1 aromatic rings. The number of carbonyl (C=O) groups excluding carboxylic acids is 2. The molecular weight excluding hydrogens is 325 g/mol. The molecule has 0 aliphatic heterocycles.